The number of carbonyl (C=O) groups is 1. The highest BCUT2D eigenvalue weighted by Crippen LogP contribution is 2.31. The van der Waals surface area contributed by atoms with Crippen LogP contribution in [0, 0.1) is 13.8 Å². The molecule has 1 aliphatic heterocycles. The molecule has 0 radical (unpaired) electrons. The van der Waals surface area contributed by atoms with E-state index in [1.165, 1.54) is 11.3 Å². The second-order valence-electron chi connectivity index (χ2n) is 6.85. The first-order valence-electron chi connectivity index (χ1n) is 9.18. The van der Waals surface area contributed by atoms with Gasteiger partial charge in [-0.25, -0.2) is 9.97 Å². The Morgan fingerprint density at radius 2 is 1.89 bits per heavy atom. The average Bonchev–Trinajstić information content (AvgIpc) is 2.71. The molecular formula is C22H22N4O. The van der Waals surface area contributed by atoms with Gasteiger partial charge in [-0.2, -0.15) is 0 Å². The van der Waals surface area contributed by atoms with Gasteiger partial charge in [0.15, 0.2) is 5.82 Å². The zero-order chi connectivity index (χ0) is 18.8. The molecular weight excluding hydrogens is 336 g/mol. The molecule has 4 rings (SSSR count). The molecule has 1 aliphatic rings. The minimum atomic E-state index is -0.248. The summed E-state index contributed by atoms with van der Waals surface area (Å²) >= 11 is 0. The third-order valence-corrected chi connectivity index (χ3v) is 5.11. The maximum Gasteiger partial charge on any atom is 0.275 e. The van der Waals surface area contributed by atoms with Gasteiger partial charge >= 0.3 is 0 Å². The van der Waals surface area contributed by atoms with Crippen molar-refractivity contribution in [2.24, 2.45) is 0 Å². The third-order valence-electron chi connectivity index (χ3n) is 5.11. The van der Waals surface area contributed by atoms with Crippen molar-refractivity contribution >= 4 is 23.1 Å². The van der Waals surface area contributed by atoms with Gasteiger partial charge in [0.25, 0.3) is 5.91 Å². The Balaban J connectivity index is 1.54. The van der Waals surface area contributed by atoms with Crippen molar-refractivity contribution in [1.82, 2.24) is 9.97 Å². The Morgan fingerprint density at radius 3 is 2.70 bits per heavy atom. The van der Waals surface area contributed by atoms with Crippen molar-refractivity contribution in [2.45, 2.75) is 26.7 Å². The van der Waals surface area contributed by atoms with Crippen molar-refractivity contribution in [3.05, 3.63) is 77.2 Å². The van der Waals surface area contributed by atoms with E-state index in [1.807, 2.05) is 38.1 Å². The molecule has 0 bridgehead atoms. The third kappa shape index (κ3) is 3.40. The quantitative estimate of drug-likeness (QED) is 0.752. The second kappa shape index (κ2) is 7.19. The molecule has 2 heterocycles. The van der Waals surface area contributed by atoms with Crippen LogP contribution in [0.2, 0.25) is 0 Å². The predicted octanol–water partition coefficient (Wildman–Crippen LogP) is 4.43. The molecule has 0 unspecified atom stereocenters. The van der Waals surface area contributed by atoms with Gasteiger partial charge in [0.05, 0.1) is 12.4 Å². The minimum Gasteiger partial charge on any atom is -0.325 e. The van der Waals surface area contributed by atoms with Crippen LogP contribution < -0.4 is 10.2 Å². The van der Waals surface area contributed by atoms with E-state index in [0.29, 0.717) is 5.69 Å². The molecule has 0 saturated carbocycles. The summed E-state index contributed by atoms with van der Waals surface area (Å²) in [6, 6.07) is 14.2. The molecule has 27 heavy (non-hydrogen) atoms. The summed E-state index contributed by atoms with van der Waals surface area (Å²) in [5.41, 5.74) is 5.80. The molecule has 0 aliphatic carbocycles. The van der Waals surface area contributed by atoms with E-state index in [-0.39, 0.29) is 5.91 Å². The van der Waals surface area contributed by atoms with Crippen molar-refractivity contribution in [2.75, 3.05) is 16.8 Å². The number of rotatable bonds is 3. The molecule has 5 nitrogen and oxygen atoms in total. The number of fused-ring (bicyclic) bond motifs is 1. The number of hydrogen-bond donors (Lipinski definition) is 1. The summed E-state index contributed by atoms with van der Waals surface area (Å²) < 4.78 is 0. The fraction of sp³-hybridized carbons (Fsp3) is 0.227. The summed E-state index contributed by atoms with van der Waals surface area (Å²) in [5.74, 6) is 0.521. The fourth-order valence-electron chi connectivity index (χ4n) is 3.42. The zero-order valence-electron chi connectivity index (χ0n) is 15.6. The lowest BCUT2D eigenvalue weighted by atomic mass is 10.0. The normalized spacial score (nSPS) is 13.2. The molecule has 0 fully saturated rings. The van der Waals surface area contributed by atoms with Gasteiger partial charge in [0.2, 0.25) is 0 Å². The van der Waals surface area contributed by atoms with E-state index >= 15 is 0 Å². The number of carbonyl (C=O) groups excluding carboxylic acids is 1. The lowest BCUT2D eigenvalue weighted by Crippen LogP contribution is -2.25. The average molecular weight is 358 g/mol. The first-order chi connectivity index (χ1) is 13.1. The lowest BCUT2D eigenvalue weighted by Gasteiger charge is -2.30. The van der Waals surface area contributed by atoms with Crippen LogP contribution in [0.3, 0.4) is 0 Å². The number of anilines is 3. The van der Waals surface area contributed by atoms with Crippen LogP contribution in [0.4, 0.5) is 17.2 Å². The van der Waals surface area contributed by atoms with E-state index < -0.39 is 0 Å². The van der Waals surface area contributed by atoms with E-state index in [0.717, 1.165) is 42.0 Å². The van der Waals surface area contributed by atoms with E-state index in [2.05, 4.69) is 38.4 Å². The number of amides is 1. The number of nitrogens with one attached hydrogen (secondary N) is 1. The van der Waals surface area contributed by atoms with Gasteiger partial charge in [-0.05, 0) is 55.5 Å². The van der Waals surface area contributed by atoms with Crippen LogP contribution in [0.1, 0.15) is 33.6 Å². The van der Waals surface area contributed by atoms with Crippen LogP contribution >= 0.6 is 0 Å². The highest BCUT2D eigenvalue weighted by atomic mass is 16.1. The molecule has 0 spiro atoms. The van der Waals surface area contributed by atoms with E-state index in [4.69, 9.17) is 0 Å². The van der Waals surface area contributed by atoms with Crippen LogP contribution in [0.15, 0.2) is 54.9 Å². The zero-order valence-corrected chi connectivity index (χ0v) is 15.6. The first kappa shape index (κ1) is 17.2. The molecule has 1 N–H and O–H groups in total. The smallest absolute Gasteiger partial charge is 0.275 e. The molecule has 136 valence electrons. The van der Waals surface area contributed by atoms with Crippen molar-refractivity contribution in [3.63, 3.8) is 0 Å². The Kier molecular flexibility index (Phi) is 4.59. The highest BCUT2D eigenvalue weighted by molar-refractivity contribution is 6.03. The molecule has 1 amide bonds. The van der Waals surface area contributed by atoms with Crippen LogP contribution in [-0.2, 0) is 6.42 Å². The van der Waals surface area contributed by atoms with Gasteiger partial charge in [-0.3, -0.25) is 4.79 Å². The number of nitrogens with zero attached hydrogens (tertiary/aromatic N) is 3. The molecule has 0 saturated heterocycles. The van der Waals surface area contributed by atoms with Gasteiger partial charge in [-0.1, -0.05) is 30.3 Å². The summed E-state index contributed by atoms with van der Waals surface area (Å²) in [5, 5.41) is 2.93. The van der Waals surface area contributed by atoms with E-state index in [9.17, 15) is 4.79 Å². The number of para-hydroxylation sites is 1. The standard InChI is InChI=1S/C22H22N4O/c1-15-7-5-10-18(16(15)2)25-22(27)19-13-24-21(14-23-19)26-12-6-9-17-8-3-4-11-20(17)26/h3-5,7-8,10-11,13-14H,6,9,12H2,1-2H3,(H,25,27). The molecule has 5 heteroatoms. The summed E-state index contributed by atoms with van der Waals surface area (Å²) in [7, 11) is 0. The fourth-order valence-corrected chi connectivity index (χ4v) is 3.42. The molecule has 0 atom stereocenters. The summed E-state index contributed by atoms with van der Waals surface area (Å²) in [6.45, 7) is 4.92. The molecule has 2 aromatic carbocycles. The number of hydrogen-bond acceptors (Lipinski definition) is 4. The SMILES string of the molecule is Cc1cccc(NC(=O)c2cnc(N3CCCc4ccccc43)cn2)c1C. The number of benzene rings is 2. The van der Waals surface area contributed by atoms with E-state index in [1.54, 1.807) is 12.4 Å². The van der Waals surface area contributed by atoms with Crippen molar-refractivity contribution in [3.8, 4) is 0 Å². The minimum absolute atomic E-state index is 0.248. The largest absolute Gasteiger partial charge is 0.325 e. The highest BCUT2D eigenvalue weighted by Gasteiger charge is 2.19. The van der Waals surface area contributed by atoms with Crippen molar-refractivity contribution in [1.29, 1.82) is 0 Å². The van der Waals surface area contributed by atoms with Crippen LogP contribution in [-0.4, -0.2) is 22.4 Å². The maximum absolute atomic E-state index is 12.5. The molecule has 3 aromatic rings. The van der Waals surface area contributed by atoms with Crippen LogP contribution in [0.5, 0.6) is 0 Å². The Hall–Kier alpha value is -3.21. The second-order valence-corrected chi connectivity index (χ2v) is 6.85. The monoisotopic (exact) mass is 358 g/mol. The summed E-state index contributed by atoms with van der Waals surface area (Å²) in [4.78, 5) is 23.6. The molecule has 1 aromatic heterocycles. The van der Waals surface area contributed by atoms with Gasteiger partial charge in [0.1, 0.15) is 5.69 Å². The lowest BCUT2D eigenvalue weighted by molar-refractivity contribution is 0.102. The number of aryl methyl sites for hydroxylation is 2. The Labute approximate surface area is 159 Å². The van der Waals surface area contributed by atoms with Gasteiger partial charge < -0.3 is 10.2 Å². The summed E-state index contributed by atoms with van der Waals surface area (Å²) in [6.07, 6.45) is 5.39. The first-order valence-corrected chi connectivity index (χ1v) is 9.18. The van der Waals surface area contributed by atoms with Crippen LogP contribution in [0.25, 0.3) is 0 Å². The Morgan fingerprint density at radius 1 is 1.04 bits per heavy atom. The number of aromatic nitrogens is 2. The van der Waals surface area contributed by atoms with Gasteiger partial charge in [-0.15, -0.1) is 0 Å². The maximum atomic E-state index is 12.5. The topological polar surface area (TPSA) is 58.1 Å². The van der Waals surface area contributed by atoms with Crippen molar-refractivity contribution < 1.29 is 4.79 Å². The predicted molar refractivity (Wildman–Crippen MR) is 108 cm³/mol. The van der Waals surface area contributed by atoms with Gasteiger partial charge in [0, 0.05) is 17.9 Å². The Bertz CT molecular complexity index is 982.